The zero-order chi connectivity index (χ0) is 44.9. The Bertz CT molecular complexity index is 3300. The summed E-state index contributed by atoms with van der Waals surface area (Å²) in [5.74, 6) is 0.806. The Morgan fingerprint density at radius 3 is 2.16 bits per heavy atom. The number of aryl methyl sites for hydroxylation is 1. The molecule has 0 fully saturated rings. The van der Waals surface area contributed by atoms with Crippen LogP contribution in [0.1, 0.15) is 99.9 Å². The molecule has 0 spiro atoms. The van der Waals surface area contributed by atoms with Gasteiger partial charge in [0.2, 0.25) is 0 Å². The number of aromatic nitrogens is 3. The Balaban J connectivity index is 0.000000183. The fraction of sp³-hybridized carbons (Fsp3) is 0.214. The topological polar surface area (TPSA) is 30.7 Å². The summed E-state index contributed by atoms with van der Waals surface area (Å²) in [6.45, 7) is 10.6. The summed E-state index contributed by atoms with van der Waals surface area (Å²) in [6, 6.07) is 53.1. The number of rotatable bonds is 8. The fourth-order valence-corrected chi connectivity index (χ4v) is 9.91. The molecule has 5 heteroatoms. The van der Waals surface area contributed by atoms with E-state index >= 15 is 0 Å². The van der Waals surface area contributed by atoms with Gasteiger partial charge in [-0.15, -0.1) is 59.7 Å². The van der Waals surface area contributed by atoms with Gasteiger partial charge in [0.25, 0.3) is 0 Å². The standard InChI is InChI=1S/C31H26NS.C25H25N2.Ir/c1-4-20(5-2)26-16-29(32-18-19(26)3)25-12-8-11-24-28-15-22-14-13-21-9-6-7-10-23(21)27(22)17-30(28)33-31(24)25;1-17(2)20-13-10-14-21(18(3)4)24(20)27-23-16-9-8-15-22(23)26-25(27)19-11-6-5-7-12-19;/h6-11,13-18,20H,4-5H2,1-3H3;5-11,13-18H,1-4H3;/q2*-1;/i3D3,20D;;. The van der Waals surface area contributed by atoms with Crippen LogP contribution in [-0.2, 0) is 20.1 Å². The van der Waals surface area contributed by atoms with Crippen molar-refractivity contribution in [3.05, 3.63) is 174 Å². The van der Waals surface area contributed by atoms with E-state index in [0.29, 0.717) is 35.9 Å². The smallest absolute Gasteiger partial charge is 0.0774 e. The molecule has 1 radical (unpaired) electrons. The molecule has 7 aromatic carbocycles. The Hall–Kier alpha value is -5.45. The van der Waals surface area contributed by atoms with Gasteiger partial charge in [-0.3, -0.25) is 4.98 Å². The summed E-state index contributed by atoms with van der Waals surface area (Å²) in [7, 11) is 0. The van der Waals surface area contributed by atoms with E-state index in [-0.39, 0.29) is 25.7 Å². The monoisotopic (exact) mass is 994 g/mol. The minimum Gasteiger partial charge on any atom is -0.333 e. The second kappa shape index (κ2) is 17.9. The van der Waals surface area contributed by atoms with E-state index in [1.54, 1.807) is 11.3 Å². The van der Waals surface area contributed by atoms with Crippen molar-refractivity contribution in [3.8, 4) is 28.3 Å². The van der Waals surface area contributed by atoms with E-state index in [1.165, 1.54) is 54.6 Å². The van der Waals surface area contributed by atoms with Gasteiger partial charge in [0.1, 0.15) is 0 Å². The van der Waals surface area contributed by atoms with Gasteiger partial charge in [0, 0.05) is 42.2 Å². The third-order valence-electron chi connectivity index (χ3n) is 11.8. The molecule has 0 amide bonds. The summed E-state index contributed by atoms with van der Waals surface area (Å²) in [5.41, 5.74) is 9.34. The Kier molecular flexibility index (Phi) is 10.9. The first-order valence-corrected chi connectivity index (χ1v) is 21.9. The number of fused-ring (bicyclic) bond motifs is 7. The molecule has 10 rings (SSSR count). The average molecular weight is 994 g/mol. The van der Waals surface area contributed by atoms with Crippen LogP contribution in [0.15, 0.2) is 140 Å². The second-order valence-electron chi connectivity index (χ2n) is 16.1. The Morgan fingerprint density at radius 2 is 1.43 bits per heavy atom. The van der Waals surface area contributed by atoms with Gasteiger partial charge >= 0.3 is 0 Å². The molecule has 3 nitrogen and oxygen atoms in total. The third kappa shape index (κ3) is 7.85. The predicted molar refractivity (Wildman–Crippen MR) is 258 cm³/mol. The van der Waals surface area contributed by atoms with Gasteiger partial charge in [-0.1, -0.05) is 120 Å². The van der Waals surface area contributed by atoms with Gasteiger partial charge in [-0.2, -0.15) is 11.3 Å². The Morgan fingerprint density at radius 1 is 0.689 bits per heavy atom. The van der Waals surface area contributed by atoms with Crippen LogP contribution in [0.3, 0.4) is 0 Å². The van der Waals surface area contributed by atoms with Gasteiger partial charge in [-0.05, 0) is 121 Å². The second-order valence-corrected chi connectivity index (χ2v) is 17.2. The van der Waals surface area contributed by atoms with Gasteiger partial charge in [0.05, 0.1) is 16.9 Å². The maximum Gasteiger partial charge on any atom is 0.0774 e. The molecular formula is C56H51IrN3S-2. The molecule has 0 atom stereocenters. The summed E-state index contributed by atoms with van der Waals surface area (Å²) in [5, 5.41) is 7.22. The molecule has 307 valence electrons. The van der Waals surface area contributed by atoms with Crippen molar-refractivity contribution >= 4 is 64.1 Å². The molecular weight excluding hydrogens is 939 g/mol. The number of imidazole rings is 1. The van der Waals surface area contributed by atoms with Crippen LogP contribution in [0.5, 0.6) is 0 Å². The van der Waals surface area contributed by atoms with Crippen LogP contribution in [0.4, 0.5) is 0 Å². The molecule has 10 aromatic rings. The number of benzene rings is 7. The number of hydrogen-bond acceptors (Lipinski definition) is 3. The third-order valence-corrected chi connectivity index (χ3v) is 13.0. The van der Waals surface area contributed by atoms with Crippen molar-refractivity contribution in [2.75, 3.05) is 0 Å². The van der Waals surface area contributed by atoms with E-state index in [2.05, 4.69) is 153 Å². The zero-order valence-electron chi connectivity index (χ0n) is 39.4. The van der Waals surface area contributed by atoms with Gasteiger partial charge in [-0.25, -0.2) is 0 Å². The van der Waals surface area contributed by atoms with E-state index in [9.17, 15) is 0 Å². The molecule has 3 aromatic heterocycles. The van der Waals surface area contributed by atoms with Crippen molar-refractivity contribution < 1.29 is 25.6 Å². The SMILES string of the molecule is CC(C)c1cccc(C(C)C)c1-n1c(-c2[c-]cccc2)nc2ccccc21.[2H]C([2H])([2H])c1cnc(-c2[c-]ccc3c2sc2cc4c(ccc5ccccc54)cc23)cc1C([2H])(CC)CC.[Ir]. The quantitative estimate of drug-likeness (QED) is 0.112. The molecule has 0 saturated carbocycles. The van der Waals surface area contributed by atoms with Crippen LogP contribution in [0, 0.1) is 19.0 Å². The van der Waals surface area contributed by atoms with Crippen molar-refractivity contribution in [3.63, 3.8) is 0 Å². The minimum atomic E-state index is -2.33. The molecule has 0 aliphatic heterocycles. The number of pyridine rings is 1. The van der Waals surface area contributed by atoms with Gasteiger partial charge in [0.15, 0.2) is 0 Å². The molecule has 0 unspecified atom stereocenters. The van der Waals surface area contributed by atoms with Crippen LogP contribution in [0.2, 0.25) is 0 Å². The van der Waals surface area contributed by atoms with Crippen LogP contribution < -0.4 is 0 Å². The van der Waals surface area contributed by atoms with Gasteiger partial charge < -0.3 is 9.55 Å². The van der Waals surface area contributed by atoms with E-state index in [4.69, 9.17) is 10.5 Å². The number of thiophene rings is 1. The zero-order valence-corrected chi connectivity index (χ0v) is 38.6. The first-order valence-electron chi connectivity index (χ1n) is 23.1. The summed E-state index contributed by atoms with van der Waals surface area (Å²) < 4.78 is 37.8. The maximum absolute atomic E-state index is 9.05. The molecule has 0 aliphatic rings. The molecule has 0 bridgehead atoms. The summed E-state index contributed by atoms with van der Waals surface area (Å²) >= 11 is 1.71. The van der Waals surface area contributed by atoms with Crippen molar-refractivity contribution in [2.45, 2.75) is 79.0 Å². The molecule has 3 heterocycles. The van der Waals surface area contributed by atoms with Crippen molar-refractivity contribution in [1.29, 1.82) is 0 Å². The van der Waals surface area contributed by atoms with Crippen molar-refractivity contribution in [2.24, 2.45) is 0 Å². The minimum absolute atomic E-state index is 0. The normalized spacial score (nSPS) is 13.0. The fourth-order valence-electron chi connectivity index (χ4n) is 8.68. The molecule has 0 N–H and O–H groups in total. The van der Waals surface area contributed by atoms with Crippen LogP contribution >= 0.6 is 11.3 Å². The Labute approximate surface area is 383 Å². The number of hydrogen-bond donors (Lipinski definition) is 0. The first-order chi connectivity index (χ1) is 30.8. The predicted octanol–water partition coefficient (Wildman–Crippen LogP) is 16.2. The largest absolute Gasteiger partial charge is 0.333 e. The number of para-hydroxylation sites is 3. The van der Waals surface area contributed by atoms with E-state index < -0.39 is 12.7 Å². The van der Waals surface area contributed by atoms with E-state index in [0.717, 1.165) is 38.1 Å². The average Bonchev–Trinajstić information content (AvgIpc) is 3.88. The molecule has 61 heavy (non-hydrogen) atoms. The van der Waals surface area contributed by atoms with Crippen molar-refractivity contribution in [1.82, 2.24) is 14.5 Å². The maximum atomic E-state index is 9.05. The van der Waals surface area contributed by atoms with Crippen LogP contribution in [-0.4, -0.2) is 14.5 Å². The van der Waals surface area contributed by atoms with Crippen LogP contribution in [0.25, 0.3) is 81.1 Å². The number of nitrogens with zero attached hydrogens (tertiary/aromatic N) is 3. The van der Waals surface area contributed by atoms with E-state index in [1.807, 2.05) is 44.2 Å². The summed E-state index contributed by atoms with van der Waals surface area (Å²) in [4.78, 5) is 9.60. The molecule has 0 aliphatic carbocycles. The first kappa shape index (κ1) is 37.3. The summed E-state index contributed by atoms with van der Waals surface area (Å²) in [6.07, 6.45) is 2.49. The molecule has 0 saturated heterocycles.